The quantitative estimate of drug-likeness (QED) is 0.513. The fourth-order valence-corrected chi connectivity index (χ4v) is 0.951. The van der Waals surface area contributed by atoms with Crippen molar-refractivity contribution in [3.63, 3.8) is 0 Å². The van der Waals surface area contributed by atoms with E-state index in [1.54, 1.807) is 0 Å². The van der Waals surface area contributed by atoms with Crippen molar-refractivity contribution in [2.24, 2.45) is 0 Å². The summed E-state index contributed by atoms with van der Waals surface area (Å²) in [7, 11) is 0. The molecule has 0 fully saturated rings. The molecule has 1 rings (SSSR count). The van der Waals surface area contributed by atoms with Crippen molar-refractivity contribution in [2.75, 3.05) is 0 Å². The van der Waals surface area contributed by atoms with Crippen LogP contribution in [0.3, 0.4) is 0 Å². The summed E-state index contributed by atoms with van der Waals surface area (Å²) < 4.78 is 0. The molecule has 0 radical (unpaired) electrons. The third kappa shape index (κ3) is 3.42. The molecule has 0 aliphatic heterocycles. The van der Waals surface area contributed by atoms with Gasteiger partial charge < -0.3 is 1.43 Å². The molecule has 1 aromatic carbocycles. The Labute approximate surface area is 92.8 Å². The molecule has 0 spiro atoms. The Morgan fingerprint density at radius 1 is 1.09 bits per heavy atom. The maximum atomic E-state index is 2.21. The number of aryl methyl sites for hydroxylation is 1. The molecule has 0 unspecified atom stereocenters. The van der Waals surface area contributed by atoms with Gasteiger partial charge in [-0.1, -0.05) is 43.7 Å². The average molecular weight is 158 g/mol. The zero-order valence-electron chi connectivity index (χ0n) is 8.89. The summed E-state index contributed by atoms with van der Waals surface area (Å²) in [5.41, 5.74) is 2.76. The number of hydrogen-bond donors (Lipinski definition) is 0. The Balaban J connectivity index is 0. The van der Waals surface area contributed by atoms with Crippen LogP contribution in [0.5, 0.6) is 0 Å². The minimum Gasteiger partial charge on any atom is -1.00 e. The van der Waals surface area contributed by atoms with Gasteiger partial charge >= 0.3 is 29.6 Å². The summed E-state index contributed by atoms with van der Waals surface area (Å²) in [6, 6.07) is 8.71. The van der Waals surface area contributed by atoms with E-state index in [9.17, 15) is 0 Å². The molecule has 0 N–H and O–H groups in total. The van der Waals surface area contributed by atoms with E-state index < -0.39 is 0 Å². The Hall–Kier alpha value is 0.220. The molecule has 0 amide bonds. The Kier molecular flexibility index (Phi) is 5.07. The van der Waals surface area contributed by atoms with Crippen LogP contribution in [0.1, 0.15) is 32.3 Å². The van der Waals surface area contributed by atoms with Crippen LogP contribution in [-0.2, 0) is 0 Å². The number of rotatable bonds is 1. The zero-order valence-corrected chi connectivity index (χ0v) is 9.89. The van der Waals surface area contributed by atoms with Gasteiger partial charge in [0.25, 0.3) is 0 Å². The van der Waals surface area contributed by atoms with Gasteiger partial charge in [-0.15, -0.1) is 0 Å². The monoisotopic (exact) mass is 158 g/mol. The van der Waals surface area contributed by atoms with Crippen molar-refractivity contribution in [1.29, 1.82) is 0 Å². The Morgan fingerprint density at radius 2 is 1.55 bits per heavy atom. The van der Waals surface area contributed by atoms with Crippen molar-refractivity contribution in [1.82, 2.24) is 0 Å². The van der Waals surface area contributed by atoms with E-state index in [-0.39, 0.29) is 31.0 Å². The normalized spacial score (nSPS) is 9.45. The van der Waals surface area contributed by atoms with Crippen LogP contribution < -0.4 is 29.6 Å². The predicted octanol–water partition coefficient (Wildman–Crippen LogP) is 0.235. The fourth-order valence-electron chi connectivity index (χ4n) is 0.951. The first-order valence-corrected chi connectivity index (χ1v) is 3.76. The summed E-state index contributed by atoms with van der Waals surface area (Å²) >= 11 is 0. The largest absolute Gasteiger partial charge is 1.00 e. The Morgan fingerprint density at radius 3 is 1.91 bits per heavy atom. The van der Waals surface area contributed by atoms with Gasteiger partial charge in [-0.2, -0.15) is 0 Å². The van der Waals surface area contributed by atoms with E-state index in [0.29, 0.717) is 5.92 Å². The predicted molar refractivity (Wildman–Crippen MR) is 46.4 cm³/mol. The topological polar surface area (TPSA) is 0 Å². The molecule has 0 atom stereocenters. The summed E-state index contributed by atoms with van der Waals surface area (Å²) in [6.45, 7) is 6.54. The molecular weight excluding hydrogens is 143 g/mol. The van der Waals surface area contributed by atoms with Crippen LogP contribution in [-0.4, -0.2) is 0 Å². The number of benzene rings is 1. The third-order valence-electron chi connectivity index (χ3n) is 1.74. The van der Waals surface area contributed by atoms with Gasteiger partial charge in [0.05, 0.1) is 0 Å². The van der Waals surface area contributed by atoms with Crippen molar-refractivity contribution in [2.45, 2.75) is 26.7 Å². The molecule has 1 aromatic rings. The maximum Gasteiger partial charge on any atom is 1.00 e. The second kappa shape index (κ2) is 4.97. The van der Waals surface area contributed by atoms with E-state index in [2.05, 4.69) is 45.0 Å². The fraction of sp³-hybridized carbons (Fsp3) is 0.400. The molecular formula is C10H15Na. The van der Waals surface area contributed by atoms with Crippen molar-refractivity contribution in [3.05, 3.63) is 35.4 Å². The summed E-state index contributed by atoms with van der Waals surface area (Å²) in [5, 5.41) is 0. The zero-order chi connectivity index (χ0) is 7.56. The standard InChI is InChI=1S/C10H14.Na.H/c1-8(2)10-6-4-9(3)5-7-10;;/h4-8H,1-3H3;;/q;+1;-1. The molecule has 0 saturated carbocycles. The Bertz CT molecular complexity index is 204. The summed E-state index contributed by atoms with van der Waals surface area (Å²) in [5.74, 6) is 0.653. The molecule has 0 saturated heterocycles. The molecule has 0 aliphatic rings. The molecule has 11 heavy (non-hydrogen) atoms. The van der Waals surface area contributed by atoms with Crippen LogP contribution in [0.25, 0.3) is 0 Å². The summed E-state index contributed by atoms with van der Waals surface area (Å²) in [4.78, 5) is 0. The smallest absolute Gasteiger partial charge is 1.00 e. The SMILES string of the molecule is Cc1ccc(C(C)C)cc1.[H-].[Na+]. The van der Waals surface area contributed by atoms with E-state index in [1.165, 1.54) is 11.1 Å². The first-order valence-electron chi connectivity index (χ1n) is 3.76. The molecule has 0 nitrogen and oxygen atoms in total. The van der Waals surface area contributed by atoms with Crippen molar-refractivity contribution < 1.29 is 31.0 Å². The number of hydrogen-bond acceptors (Lipinski definition) is 0. The third-order valence-corrected chi connectivity index (χ3v) is 1.74. The van der Waals surface area contributed by atoms with Crippen LogP contribution in [0.4, 0.5) is 0 Å². The van der Waals surface area contributed by atoms with Crippen LogP contribution in [0.2, 0.25) is 0 Å². The van der Waals surface area contributed by atoms with Crippen LogP contribution >= 0.6 is 0 Å². The minimum atomic E-state index is 0. The molecule has 1 heteroatoms. The first-order chi connectivity index (χ1) is 4.70. The molecule has 0 bridgehead atoms. The van der Waals surface area contributed by atoms with Gasteiger partial charge in [0, 0.05) is 0 Å². The van der Waals surface area contributed by atoms with Crippen LogP contribution in [0, 0.1) is 6.92 Å². The maximum absolute atomic E-state index is 2.21. The van der Waals surface area contributed by atoms with E-state index in [4.69, 9.17) is 0 Å². The molecule has 0 aromatic heterocycles. The van der Waals surface area contributed by atoms with Gasteiger partial charge in [-0.05, 0) is 18.4 Å². The molecule has 0 aliphatic carbocycles. The molecule has 56 valence electrons. The second-order valence-electron chi connectivity index (χ2n) is 3.07. The second-order valence-corrected chi connectivity index (χ2v) is 3.07. The van der Waals surface area contributed by atoms with Crippen molar-refractivity contribution in [3.8, 4) is 0 Å². The van der Waals surface area contributed by atoms with Gasteiger partial charge in [-0.3, -0.25) is 0 Å². The van der Waals surface area contributed by atoms with Gasteiger partial charge in [0.1, 0.15) is 0 Å². The van der Waals surface area contributed by atoms with Crippen molar-refractivity contribution >= 4 is 0 Å². The molecule has 0 heterocycles. The minimum absolute atomic E-state index is 0. The van der Waals surface area contributed by atoms with Gasteiger partial charge in [0.15, 0.2) is 0 Å². The summed E-state index contributed by atoms with van der Waals surface area (Å²) in [6.07, 6.45) is 0. The first kappa shape index (κ1) is 11.2. The van der Waals surface area contributed by atoms with E-state index >= 15 is 0 Å². The van der Waals surface area contributed by atoms with Crippen LogP contribution in [0.15, 0.2) is 24.3 Å². The van der Waals surface area contributed by atoms with Gasteiger partial charge in [-0.25, -0.2) is 0 Å². The van der Waals surface area contributed by atoms with E-state index in [0.717, 1.165) is 0 Å². The van der Waals surface area contributed by atoms with E-state index in [1.807, 2.05) is 0 Å². The average Bonchev–Trinajstić information content (AvgIpc) is 1.88. The van der Waals surface area contributed by atoms with Gasteiger partial charge in [0.2, 0.25) is 0 Å².